The van der Waals surface area contributed by atoms with Crippen molar-refractivity contribution in [3.8, 4) is 0 Å². The Labute approximate surface area is 142 Å². The van der Waals surface area contributed by atoms with Gasteiger partial charge in [0.25, 0.3) is 0 Å². The van der Waals surface area contributed by atoms with E-state index in [-0.39, 0.29) is 31.1 Å². The number of aliphatic hydroxyl groups is 1. The van der Waals surface area contributed by atoms with Crippen molar-refractivity contribution in [2.75, 3.05) is 19.7 Å². The van der Waals surface area contributed by atoms with Crippen LogP contribution in [0.25, 0.3) is 0 Å². The van der Waals surface area contributed by atoms with Crippen LogP contribution in [0.5, 0.6) is 0 Å². The minimum Gasteiger partial charge on any atom is -0.459 e. The average Bonchev–Trinajstić information content (AvgIpc) is 3.12. The lowest BCUT2D eigenvalue weighted by atomic mass is 9.85. The van der Waals surface area contributed by atoms with Crippen molar-refractivity contribution >= 4 is 11.9 Å². The Kier molecular flexibility index (Phi) is 4.53. The van der Waals surface area contributed by atoms with Crippen LogP contribution in [0.4, 0.5) is 0 Å². The van der Waals surface area contributed by atoms with E-state index in [4.69, 9.17) is 9.47 Å². The molecule has 4 atom stereocenters. The second kappa shape index (κ2) is 6.33. The second-order valence-corrected chi connectivity index (χ2v) is 7.09. The topological polar surface area (TPSA) is 76.1 Å². The fraction of sp³-hybridized carbons (Fsp3) is 0.667. The van der Waals surface area contributed by atoms with Crippen LogP contribution >= 0.6 is 0 Å². The van der Waals surface area contributed by atoms with E-state index in [1.807, 2.05) is 6.08 Å². The van der Waals surface area contributed by atoms with Crippen molar-refractivity contribution in [3.05, 3.63) is 23.3 Å². The SMILES string of the molecule is CC=C1C[C@@H](C)[C@](C)(O)C(=O)OCC2=CCN3CC[C@@H](OC1=O)[C@@H]23. The van der Waals surface area contributed by atoms with Gasteiger partial charge in [-0.25, -0.2) is 9.59 Å². The number of ether oxygens (including phenoxy) is 2. The molecule has 2 fully saturated rings. The van der Waals surface area contributed by atoms with E-state index < -0.39 is 17.5 Å². The zero-order valence-electron chi connectivity index (χ0n) is 14.4. The molecule has 0 spiro atoms. The Balaban J connectivity index is 1.91. The van der Waals surface area contributed by atoms with Gasteiger partial charge in [-0.3, -0.25) is 4.90 Å². The predicted molar refractivity (Wildman–Crippen MR) is 87.1 cm³/mol. The van der Waals surface area contributed by atoms with E-state index in [2.05, 4.69) is 4.90 Å². The van der Waals surface area contributed by atoms with Gasteiger partial charge in [-0.2, -0.15) is 0 Å². The van der Waals surface area contributed by atoms with Gasteiger partial charge in [0.2, 0.25) is 0 Å². The van der Waals surface area contributed by atoms with Crippen LogP contribution in [0.3, 0.4) is 0 Å². The summed E-state index contributed by atoms with van der Waals surface area (Å²) in [6.45, 7) is 6.71. The van der Waals surface area contributed by atoms with Gasteiger partial charge in [0, 0.05) is 18.7 Å². The number of hydrogen-bond donors (Lipinski definition) is 1. The van der Waals surface area contributed by atoms with Crippen molar-refractivity contribution in [3.63, 3.8) is 0 Å². The first-order chi connectivity index (χ1) is 11.3. The fourth-order valence-corrected chi connectivity index (χ4v) is 3.68. The third-order valence-electron chi connectivity index (χ3n) is 5.55. The van der Waals surface area contributed by atoms with Crippen LogP contribution < -0.4 is 0 Å². The molecule has 0 saturated carbocycles. The summed E-state index contributed by atoms with van der Waals surface area (Å²) in [4.78, 5) is 27.1. The Bertz CT molecular complexity index is 607. The molecule has 24 heavy (non-hydrogen) atoms. The van der Waals surface area contributed by atoms with Gasteiger partial charge >= 0.3 is 11.9 Å². The van der Waals surface area contributed by atoms with Crippen molar-refractivity contribution in [2.24, 2.45) is 5.92 Å². The molecular weight excluding hydrogens is 310 g/mol. The fourth-order valence-electron chi connectivity index (χ4n) is 3.68. The zero-order chi connectivity index (χ0) is 17.5. The number of rotatable bonds is 0. The normalized spacial score (nSPS) is 39.6. The van der Waals surface area contributed by atoms with Gasteiger partial charge in [-0.05, 0) is 38.2 Å². The number of allylic oxidation sites excluding steroid dienone is 1. The minimum atomic E-state index is -1.65. The third kappa shape index (κ3) is 2.89. The van der Waals surface area contributed by atoms with E-state index in [0.717, 1.165) is 25.1 Å². The molecule has 0 bridgehead atoms. The number of hydrogen-bond acceptors (Lipinski definition) is 6. The monoisotopic (exact) mass is 335 g/mol. The molecule has 0 aliphatic carbocycles. The summed E-state index contributed by atoms with van der Waals surface area (Å²) in [5.41, 5.74) is -0.218. The maximum Gasteiger partial charge on any atom is 0.338 e. The Morgan fingerprint density at radius 3 is 2.88 bits per heavy atom. The van der Waals surface area contributed by atoms with E-state index in [1.54, 1.807) is 19.9 Å². The molecule has 1 N–H and O–H groups in total. The smallest absolute Gasteiger partial charge is 0.338 e. The maximum absolute atomic E-state index is 12.5. The van der Waals surface area contributed by atoms with E-state index in [0.29, 0.717) is 5.57 Å². The lowest BCUT2D eigenvalue weighted by Gasteiger charge is -2.31. The van der Waals surface area contributed by atoms with Crippen molar-refractivity contribution in [1.29, 1.82) is 0 Å². The summed E-state index contributed by atoms with van der Waals surface area (Å²) in [5.74, 6) is -1.46. The Morgan fingerprint density at radius 1 is 1.42 bits per heavy atom. The number of esters is 2. The minimum absolute atomic E-state index is 0.0262. The largest absolute Gasteiger partial charge is 0.459 e. The van der Waals surface area contributed by atoms with Crippen LogP contribution in [0.15, 0.2) is 23.3 Å². The molecule has 0 radical (unpaired) electrons. The number of cyclic esters (lactones) is 1. The average molecular weight is 335 g/mol. The van der Waals surface area contributed by atoms with Gasteiger partial charge < -0.3 is 14.6 Å². The molecule has 0 aromatic heterocycles. The lowest BCUT2D eigenvalue weighted by molar-refractivity contribution is -0.169. The molecule has 3 aliphatic heterocycles. The van der Waals surface area contributed by atoms with E-state index in [1.165, 1.54) is 6.92 Å². The van der Waals surface area contributed by atoms with Crippen LogP contribution in [0.1, 0.15) is 33.6 Å². The van der Waals surface area contributed by atoms with Crippen molar-refractivity contribution in [1.82, 2.24) is 4.90 Å². The van der Waals surface area contributed by atoms with Crippen molar-refractivity contribution < 1.29 is 24.2 Å². The first-order valence-electron chi connectivity index (χ1n) is 8.53. The van der Waals surface area contributed by atoms with Crippen LogP contribution in [0, 0.1) is 5.92 Å². The highest BCUT2D eigenvalue weighted by Crippen LogP contribution is 2.34. The molecule has 3 heterocycles. The summed E-state index contributed by atoms with van der Waals surface area (Å²) in [7, 11) is 0. The van der Waals surface area contributed by atoms with Gasteiger partial charge in [0.1, 0.15) is 12.7 Å². The number of carbonyl (C=O) groups excluding carboxylic acids is 2. The molecule has 0 aromatic rings. The summed E-state index contributed by atoms with van der Waals surface area (Å²) < 4.78 is 11.2. The molecule has 0 aromatic carbocycles. The first kappa shape index (κ1) is 17.2. The van der Waals surface area contributed by atoms with Crippen LogP contribution in [0.2, 0.25) is 0 Å². The lowest BCUT2D eigenvalue weighted by Crippen LogP contribution is -2.45. The second-order valence-electron chi connectivity index (χ2n) is 7.09. The van der Waals surface area contributed by atoms with Crippen LogP contribution in [-0.4, -0.2) is 59.4 Å². The quantitative estimate of drug-likeness (QED) is 0.407. The van der Waals surface area contributed by atoms with Gasteiger partial charge in [0.15, 0.2) is 5.60 Å². The molecule has 0 amide bonds. The van der Waals surface area contributed by atoms with Gasteiger partial charge in [-0.15, -0.1) is 0 Å². The van der Waals surface area contributed by atoms with Crippen molar-refractivity contribution in [2.45, 2.75) is 51.4 Å². The third-order valence-corrected chi connectivity index (χ3v) is 5.55. The highest BCUT2D eigenvalue weighted by atomic mass is 16.6. The zero-order valence-corrected chi connectivity index (χ0v) is 14.4. The predicted octanol–water partition coefficient (Wildman–Crippen LogP) is 1.19. The molecular formula is C18H25NO5. The molecule has 3 aliphatic rings. The Morgan fingerprint density at radius 2 is 2.17 bits per heavy atom. The van der Waals surface area contributed by atoms with E-state index in [9.17, 15) is 14.7 Å². The molecule has 0 unspecified atom stereocenters. The highest BCUT2D eigenvalue weighted by Gasteiger charge is 2.45. The molecule has 132 valence electrons. The Hall–Kier alpha value is -1.66. The first-order valence-corrected chi connectivity index (χ1v) is 8.53. The molecule has 3 rings (SSSR count). The summed E-state index contributed by atoms with van der Waals surface area (Å²) in [6, 6.07) is -0.0262. The van der Waals surface area contributed by atoms with Gasteiger partial charge in [0.05, 0.1) is 6.04 Å². The number of nitrogens with zero attached hydrogens (tertiary/aromatic N) is 1. The molecule has 6 heteroatoms. The standard InChI is InChI=1S/C18H25NO5/c1-4-12-9-11(2)18(3,22)17(21)23-10-13-5-7-19-8-6-14(15(13)19)24-16(12)20/h4-5,11,14-15,22H,6-10H2,1-3H3/t11-,14-,15-,18+/m1/s1. The maximum atomic E-state index is 12.5. The summed E-state index contributed by atoms with van der Waals surface area (Å²) >= 11 is 0. The molecule has 6 nitrogen and oxygen atoms in total. The number of carbonyl (C=O) groups is 2. The highest BCUT2D eigenvalue weighted by molar-refractivity contribution is 5.89. The van der Waals surface area contributed by atoms with E-state index >= 15 is 0 Å². The molecule has 2 saturated heterocycles. The van der Waals surface area contributed by atoms with Gasteiger partial charge in [-0.1, -0.05) is 19.1 Å². The van der Waals surface area contributed by atoms with Crippen LogP contribution in [-0.2, 0) is 19.1 Å². The summed E-state index contributed by atoms with van der Waals surface area (Å²) in [6.07, 6.45) is 4.56. The summed E-state index contributed by atoms with van der Waals surface area (Å²) in [5, 5.41) is 10.6.